The molecular formula is C48H44N4O6. The molecule has 8 rings (SSSR count). The van der Waals surface area contributed by atoms with Crippen molar-refractivity contribution in [2.45, 2.75) is 64.2 Å². The van der Waals surface area contributed by atoms with Gasteiger partial charge >= 0.3 is 0 Å². The first-order chi connectivity index (χ1) is 28.1. The van der Waals surface area contributed by atoms with Gasteiger partial charge in [0.2, 0.25) is 11.8 Å². The van der Waals surface area contributed by atoms with Crippen molar-refractivity contribution in [3.05, 3.63) is 142 Å². The van der Waals surface area contributed by atoms with Crippen molar-refractivity contribution < 1.29 is 28.7 Å². The van der Waals surface area contributed by atoms with Gasteiger partial charge in [0.15, 0.2) is 11.6 Å². The topological polar surface area (TPSA) is 141 Å². The number of carbonyl (C=O) groups excluding carboxylic acids is 4. The average Bonchev–Trinajstić information content (AvgIpc) is 3.24. The maximum Gasteiger partial charge on any atom is 0.249 e. The van der Waals surface area contributed by atoms with Crippen LogP contribution in [0.1, 0.15) is 72.6 Å². The first-order valence-electron chi connectivity index (χ1n) is 19.5. The number of nitrogens with zero attached hydrogens (tertiary/aromatic N) is 4. The molecule has 2 heterocycles. The second-order valence-corrected chi connectivity index (χ2v) is 15.0. The monoisotopic (exact) mass is 772 g/mol. The predicted octanol–water partition coefficient (Wildman–Crippen LogP) is 8.56. The Morgan fingerprint density at radius 2 is 0.862 bits per heavy atom. The lowest BCUT2D eigenvalue weighted by Gasteiger charge is -2.40. The molecule has 4 atom stereocenters. The first-order valence-corrected chi connectivity index (χ1v) is 19.5. The molecule has 10 heteroatoms. The van der Waals surface area contributed by atoms with Crippen LogP contribution in [0.15, 0.2) is 120 Å². The van der Waals surface area contributed by atoms with E-state index in [1.165, 1.54) is 0 Å². The number of carbonyl (C=O) groups is 4. The molecule has 0 spiro atoms. The molecule has 2 aliphatic carbocycles. The molecule has 0 N–H and O–H groups in total. The minimum absolute atomic E-state index is 0.0249. The molecule has 2 amide bonds. The number of hydrogen-bond acceptors (Lipinski definition) is 8. The third-order valence-corrected chi connectivity index (χ3v) is 11.5. The summed E-state index contributed by atoms with van der Waals surface area (Å²) < 4.78 is 10.4. The summed E-state index contributed by atoms with van der Waals surface area (Å²) in [4.78, 5) is 56.1. The van der Waals surface area contributed by atoms with Gasteiger partial charge in [0.25, 0.3) is 0 Å². The van der Waals surface area contributed by atoms with E-state index in [2.05, 4.69) is 12.1 Å². The molecule has 58 heavy (non-hydrogen) atoms. The van der Waals surface area contributed by atoms with Gasteiger partial charge in [0.1, 0.15) is 23.3 Å². The molecule has 0 unspecified atom stereocenters. The highest BCUT2D eigenvalue weighted by Gasteiger charge is 2.48. The highest BCUT2D eigenvalue weighted by Crippen LogP contribution is 2.48. The molecule has 4 aliphatic rings. The van der Waals surface area contributed by atoms with E-state index in [1.54, 1.807) is 48.3 Å². The molecule has 292 valence electrons. The number of hydrogen-bond donors (Lipinski definition) is 0. The van der Waals surface area contributed by atoms with Crippen LogP contribution in [-0.4, -0.2) is 37.6 Å². The zero-order valence-electron chi connectivity index (χ0n) is 33.0. The number of nitriles is 2. The summed E-state index contributed by atoms with van der Waals surface area (Å²) in [6.45, 7) is 3.96. The fourth-order valence-electron chi connectivity index (χ4n) is 8.58. The summed E-state index contributed by atoms with van der Waals surface area (Å²) in [5.74, 6) is -2.13. The lowest BCUT2D eigenvalue weighted by atomic mass is 9.72. The highest BCUT2D eigenvalue weighted by molar-refractivity contribution is 6.10. The second-order valence-electron chi connectivity index (χ2n) is 15.0. The second kappa shape index (κ2) is 16.8. The maximum absolute atomic E-state index is 13.4. The smallest absolute Gasteiger partial charge is 0.249 e. The Morgan fingerprint density at radius 3 is 1.17 bits per heavy atom. The van der Waals surface area contributed by atoms with Gasteiger partial charge in [-0.2, -0.15) is 10.5 Å². The van der Waals surface area contributed by atoms with Gasteiger partial charge in [-0.25, -0.2) is 0 Å². The molecule has 0 saturated carbocycles. The Labute approximate surface area is 338 Å². The fraction of sp³-hybridized carbons (Fsp3) is 0.292. The van der Waals surface area contributed by atoms with Gasteiger partial charge in [-0.05, 0) is 99.2 Å². The van der Waals surface area contributed by atoms with Gasteiger partial charge in [-0.1, -0.05) is 59.7 Å². The standard InChI is InChI=1S/2C24H22N2O3/c2*1-15-6-10-17(11-7-15)26-20-4-3-5-21(27)23(20)22(19(14-25)24(26)28)16-8-12-18(29-2)13-9-16/h2*6-13,19,22H,3-5H2,1-2H3/t2*19-,22+/m11/s1. The Balaban J connectivity index is 0.000000177. The van der Waals surface area contributed by atoms with Crippen molar-refractivity contribution in [1.82, 2.24) is 0 Å². The van der Waals surface area contributed by atoms with Crippen molar-refractivity contribution in [2.75, 3.05) is 24.0 Å². The summed E-state index contributed by atoms with van der Waals surface area (Å²) in [7, 11) is 3.17. The van der Waals surface area contributed by atoms with E-state index < -0.39 is 23.7 Å². The van der Waals surface area contributed by atoms with E-state index >= 15 is 0 Å². The van der Waals surface area contributed by atoms with E-state index in [-0.39, 0.29) is 23.4 Å². The minimum atomic E-state index is -0.953. The van der Waals surface area contributed by atoms with E-state index in [1.807, 2.05) is 86.6 Å². The Hall–Kier alpha value is -6.78. The van der Waals surface area contributed by atoms with Crippen LogP contribution in [0.25, 0.3) is 0 Å². The van der Waals surface area contributed by atoms with Crippen LogP contribution < -0.4 is 19.3 Å². The molecule has 4 aromatic carbocycles. The summed E-state index contributed by atoms with van der Waals surface area (Å²) >= 11 is 0. The zero-order valence-corrected chi connectivity index (χ0v) is 33.0. The predicted molar refractivity (Wildman–Crippen MR) is 219 cm³/mol. The summed E-state index contributed by atoms with van der Waals surface area (Å²) in [5.41, 5.74) is 7.84. The number of aryl methyl sites for hydroxylation is 2. The lowest BCUT2D eigenvalue weighted by Crippen LogP contribution is -2.46. The Morgan fingerprint density at radius 1 is 0.517 bits per heavy atom. The molecule has 0 radical (unpaired) electrons. The van der Waals surface area contributed by atoms with Crippen LogP contribution in [-0.2, 0) is 19.2 Å². The van der Waals surface area contributed by atoms with Crippen LogP contribution in [0.5, 0.6) is 11.5 Å². The number of ether oxygens (including phenoxy) is 2. The van der Waals surface area contributed by atoms with Crippen LogP contribution >= 0.6 is 0 Å². The number of methoxy groups -OCH3 is 2. The van der Waals surface area contributed by atoms with Gasteiger partial charge in [0.05, 0.1) is 26.4 Å². The van der Waals surface area contributed by atoms with Crippen molar-refractivity contribution >= 4 is 34.8 Å². The summed E-state index contributed by atoms with van der Waals surface area (Å²) in [5, 5.41) is 19.8. The summed E-state index contributed by atoms with van der Waals surface area (Å²) in [6, 6.07) is 34.2. The SMILES string of the molecule is COc1ccc([C@@H]2C3=C(CCCC3=O)N(c3ccc(C)cc3)C(=O)[C@@H]2C#N)cc1.COc1ccc([C@@H]2C3=C(CCCC3=O)N(c3ccc(C)cc3)C(=O)[C@@H]2C#N)cc1. The van der Waals surface area contributed by atoms with E-state index in [0.29, 0.717) is 72.5 Å². The number of ketones is 2. The Bertz CT molecular complexity index is 2230. The third-order valence-electron chi connectivity index (χ3n) is 11.5. The molecule has 4 aromatic rings. The van der Waals surface area contributed by atoms with Crippen LogP contribution in [0.2, 0.25) is 0 Å². The van der Waals surface area contributed by atoms with Gasteiger partial charge in [-0.3, -0.25) is 29.0 Å². The Kier molecular flexibility index (Phi) is 11.4. The molecule has 0 saturated heterocycles. The molecule has 2 aliphatic heterocycles. The van der Waals surface area contributed by atoms with E-state index in [4.69, 9.17) is 9.47 Å². The van der Waals surface area contributed by atoms with E-state index in [9.17, 15) is 29.7 Å². The molecule has 0 bridgehead atoms. The number of allylic oxidation sites excluding steroid dienone is 4. The third kappa shape index (κ3) is 7.30. The van der Waals surface area contributed by atoms with Crippen molar-refractivity contribution in [3.8, 4) is 23.6 Å². The van der Waals surface area contributed by atoms with Crippen LogP contribution in [0, 0.1) is 48.3 Å². The fourth-order valence-corrected chi connectivity index (χ4v) is 8.58. The van der Waals surface area contributed by atoms with Crippen molar-refractivity contribution in [1.29, 1.82) is 10.5 Å². The van der Waals surface area contributed by atoms with Crippen LogP contribution in [0.3, 0.4) is 0 Å². The highest BCUT2D eigenvalue weighted by atomic mass is 16.5. The molecule has 0 fully saturated rings. The zero-order chi connectivity index (χ0) is 41.1. The molecule has 10 nitrogen and oxygen atoms in total. The molecule has 0 aromatic heterocycles. The van der Waals surface area contributed by atoms with Gasteiger partial charge < -0.3 is 9.47 Å². The maximum atomic E-state index is 13.4. The number of rotatable bonds is 6. The number of Topliss-reactive ketones (excluding diaryl/α,β-unsaturated/α-hetero) is 2. The largest absolute Gasteiger partial charge is 0.497 e. The van der Waals surface area contributed by atoms with Gasteiger partial charge in [-0.15, -0.1) is 0 Å². The van der Waals surface area contributed by atoms with Crippen molar-refractivity contribution in [3.63, 3.8) is 0 Å². The summed E-state index contributed by atoms with van der Waals surface area (Å²) in [6.07, 6.45) is 3.59. The number of benzene rings is 4. The minimum Gasteiger partial charge on any atom is -0.497 e. The average molecular weight is 773 g/mol. The normalized spacial score (nSPS) is 21.6. The lowest BCUT2D eigenvalue weighted by molar-refractivity contribution is -0.123. The first kappa shape index (κ1) is 39.5. The van der Waals surface area contributed by atoms with Crippen molar-refractivity contribution in [2.24, 2.45) is 11.8 Å². The molecular weight excluding hydrogens is 729 g/mol. The van der Waals surface area contributed by atoms with Gasteiger partial charge in [0, 0.05) is 58.6 Å². The number of amides is 2. The number of anilines is 2. The van der Waals surface area contributed by atoms with E-state index in [0.717, 1.165) is 33.6 Å². The quantitative estimate of drug-likeness (QED) is 0.190. The van der Waals surface area contributed by atoms with Crippen LogP contribution in [0.4, 0.5) is 11.4 Å².